The number of anilines is 1. The number of hydrogen-bond donors (Lipinski definition) is 1. The zero-order valence-electron chi connectivity index (χ0n) is 16.7. The van der Waals surface area contributed by atoms with E-state index >= 15 is 0 Å². The van der Waals surface area contributed by atoms with Crippen molar-refractivity contribution in [2.75, 3.05) is 18.1 Å². The summed E-state index contributed by atoms with van der Waals surface area (Å²) in [5, 5.41) is 2.95. The second-order valence-corrected chi connectivity index (χ2v) is 7.40. The third-order valence-corrected chi connectivity index (χ3v) is 5.02. The molecular weight excluding hydrogens is 398 g/mol. The molecule has 0 aromatic heterocycles. The van der Waals surface area contributed by atoms with Gasteiger partial charge < -0.3 is 14.8 Å². The van der Waals surface area contributed by atoms with Crippen LogP contribution >= 0.6 is 11.8 Å². The van der Waals surface area contributed by atoms with Crippen molar-refractivity contribution in [1.82, 2.24) is 0 Å². The van der Waals surface area contributed by atoms with Crippen molar-refractivity contribution < 1.29 is 19.1 Å². The van der Waals surface area contributed by atoms with Crippen LogP contribution in [0.2, 0.25) is 0 Å². The SMILES string of the molecule is CSc1ccc(NCC(=O)OC(=O)Cc2ccc(OCc3ccccc3)cc2)cc1. The first-order valence-electron chi connectivity index (χ1n) is 9.49. The van der Waals surface area contributed by atoms with Gasteiger partial charge in [0.1, 0.15) is 18.9 Å². The summed E-state index contributed by atoms with van der Waals surface area (Å²) in [5.74, 6) is -0.488. The quantitative estimate of drug-likeness (QED) is 0.307. The van der Waals surface area contributed by atoms with Gasteiger partial charge in [-0.15, -0.1) is 11.8 Å². The van der Waals surface area contributed by atoms with Crippen LogP contribution in [-0.4, -0.2) is 24.7 Å². The van der Waals surface area contributed by atoms with Gasteiger partial charge in [-0.25, -0.2) is 4.79 Å². The summed E-state index contributed by atoms with van der Waals surface area (Å²) < 4.78 is 10.6. The van der Waals surface area contributed by atoms with Crippen LogP contribution in [0.25, 0.3) is 0 Å². The number of carbonyl (C=O) groups excluding carboxylic acids is 2. The second kappa shape index (κ2) is 11.1. The highest BCUT2D eigenvalue weighted by Gasteiger charge is 2.11. The summed E-state index contributed by atoms with van der Waals surface area (Å²) in [7, 11) is 0. The van der Waals surface area contributed by atoms with Gasteiger partial charge in [0.2, 0.25) is 0 Å². The molecule has 0 radical (unpaired) electrons. The average molecular weight is 422 g/mol. The molecular formula is C24H23NO4S. The fourth-order valence-electron chi connectivity index (χ4n) is 2.69. The van der Waals surface area contributed by atoms with E-state index in [9.17, 15) is 9.59 Å². The topological polar surface area (TPSA) is 64.6 Å². The van der Waals surface area contributed by atoms with E-state index in [0.717, 1.165) is 21.7 Å². The Balaban J connectivity index is 1.40. The van der Waals surface area contributed by atoms with E-state index in [1.165, 1.54) is 0 Å². The standard InChI is InChI=1S/C24H23NO4S/c1-30-22-13-9-20(10-14-22)25-16-24(27)29-23(26)15-18-7-11-21(12-8-18)28-17-19-5-3-2-4-6-19/h2-14,25H,15-17H2,1H3. The van der Waals surface area contributed by atoms with Crippen LogP contribution in [-0.2, 0) is 27.4 Å². The Morgan fingerprint density at radius 1 is 0.833 bits per heavy atom. The average Bonchev–Trinajstić information content (AvgIpc) is 2.78. The Morgan fingerprint density at radius 2 is 1.53 bits per heavy atom. The van der Waals surface area contributed by atoms with Crippen molar-refractivity contribution in [3.63, 3.8) is 0 Å². The number of nitrogens with one attached hydrogen (secondary N) is 1. The van der Waals surface area contributed by atoms with E-state index in [-0.39, 0.29) is 13.0 Å². The van der Waals surface area contributed by atoms with Gasteiger partial charge in [-0.2, -0.15) is 0 Å². The molecule has 0 aliphatic rings. The first-order chi connectivity index (χ1) is 14.6. The minimum Gasteiger partial charge on any atom is -0.489 e. The van der Waals surface area contributed by atoms with Crippen LogP contribution in [0.15, 0.2) is 83.8 Å². The number of benzene rings is 3. The molecule has 3 rings (SSSR count). The molecule has 5 nitrogen and oxygen atoms in total. The summed E-state index contributed by atoms with van der Waals surface area (Å²) in [4.78, 5) is 25.0. The summed E-state index contributed by atoms with van der Waals surface area (Å²) in [5.41, 5.74) is 2.63. The molecule has 0 aliphatic carbocycles. The molecule has 0 saturated carbocycles. The van der Waals surface area contributed by atoms with E-state index < -0.39 is 11.9 Å². The molecule has 0 saturated heterocycles. The molecule has 3 aromatic carbocycles. The van der Waals surface area contributed by atoms with Crippen LogP contribution in [0, 0.1) is 0 Å². The zero-order valence-corrected chi connectivity index (χ0v) is 17.5. The third kappa shape index (κ3) is 6.97. The van der Waals surface area contributed by atoms with Gasteiger partial charge in [-0.1, -0.05) is 42.5 Å². The zero-order chi connectivity index (χ0) is 21.2. The van der Waals surface area contributed by atoms with Crippen molar-refractivity contribution >= 4 is 29.4 Å². The number of rotatable bonds is 9. The highest BCUT2D eigenvalue weighted by atomic mass is 32.2. The maximum atomic E-state index is 12.0. The Hall–Kier alpha value is -3.25. The number of esters is 2. The maximum absolute atomic E-state index is 12.0. The molecule has 0 atom stereocenters. The van der Waals surface area contributed by atoms with E-state index in [4.69, 9.17) is 9.47 Å². The fraction of sp³-hybridized carbons (Fsp3) is 0.167. The Morgan fingerprint density at radius 3 is 2.20 bits per heavy atom. The van der Waals surface area contributed by atoms with Crippen molar-refractivity contribution in [3.05, 3.63) is 90.0 Å². The molecule has 30 heavy (non-hydrogen) atoms. The predicted octanol–water partition coefficient (Wildman–Crippen LogP) is 4.71. The number of thioether (sulfide) groups is 1. The van der Waals surface area contributed by atoms with Gasteiger partial charge in [-0.3, -0.25) is 4.79 Å². The fourth-order valence-corrected chi connectivity index (χ4v) is 3.10. The van der Waals surface area contributed by atoms with Gasteiger partial charge in [0.25, 0.3) is 0 Å². The highest BCUT2D eigenvalue weighted by molar-refractivity contribution is 7.98. The van der Waals surface area contributed by atoms with Gasteiger partial charge >= 0.3 is 11.9 Å². The lowest BCUT2D eigenvalue weighted by Crippen LogP contribution is -2.21. The Kier molecular flexibility index (Phi) is 7.92. The van der Waals surface area contributed by atoms with Gasteiger partial charge in [0, 0.05) is 10.6 Å². The van der Waals surface area contributed by atoms with E-state index in [1.54, 1.807) is 36.0 Å². The molecule has 0 aliphatic heterocycles. The molecule has 0 fully saturated rings. The van der Waals surface area contributed by atoms with Crippen LogP contribution in [0.3, 0.4) is 0 Å². The summed E-state index contributed by atoms with van der Waals surface area (Å²) >= 11 is 1.64. The Bertz CT molecular complexity index is 957. The lowest BCUT2D eigenvalue weighted by atomic mass is 10.1. The van der Waals surface area contributed by atoms with Gasteiger partial charge in [-0.05, 0) is 53.8 Å². The largest absolute Gasteiger partial charge is 0.489 e. The van der Waals surface area contributed by atoms with E-state index in [2.05, 4.69) is 5.32 Å². The van der Waals surface area contributed by atoms with E-state index in [0.29, 0.717) is 12.4 Å². The van der Waals surface area contributed by atoms with Gasteiger partial charge in [0.05, 0.1) is 6.42 Å². The minimum atomic E-state index is -0.614. The van der Waals surface area contributed by atoms with Crippen LogP contribution in [0.5, 0.6) is 5.75 Å². The first kappa shape index (κ1) is 21.5. The first-order valence-corrected chi connectivity index (χ1v) is 10.7. The van der Waals surface area contributed by atoms with Crippen molar-refractivity contribution in [3.8, 4) is 5.75 Å². The molecule has 3 aromatic rings. The number of hydrogen-bond acceptors (Lipinski definition) is 6. The van der Waals surface area contributed by atoms with Crippen molar-refractivity contribution in [1.29, 1.82) is 0 Å². The monoisotopic (exact) mass is 421 g/mol. The van der Waals surface area contributed by atoms with Crippen molar-refractivity contribution in [2.24, 2.45) is 0 Å². The molecule has 0 heterocycles. The normalized spacial score (nSPS) is 10.3. The number of ether oxygens (including phenoxy) is 2. The molecule has 1 N–H and O–H groups in total. The molecule has 0 spiro atoms. The third-order valence-electron chi connectivity index (χ3n) is 4.27. The summed E-state index contributed by atoms with van der Waals surface area (Å²) in [6, 6.07) is 24.7. The Labute approximate surface area is 180 Å². The minimum absolute atomic E-state index is 0.0210. The predicted molar refractivity (Wildman–Crippen MR) is 119 cm³/mol. The van der Waals surface area contributed by atoms with Crippen LogP contribution < -0.4 is 10.1 Å². The molecule has 0 unspecified atom stereocenters. The second-order valence-electron chi connectivity index (χ2n) is 6.52. The summed E-state index contributed by atoms with van der Waals surface area (Å²) in [6.45, 7) is 0.403. The number of carbonyl (C=O) groups is 2. The lowest BCUT2D eigenvalue weighted by Gasteiger charge is -2.08. The van der Waals surface area contributed by atoms with Crippen LogP contribution in [0.4, 0.5) is 5.69 Å². The summed E-state index contributed by atoms with van der Waals surface area (Å²) in [6.07, 6.45) is 2.02. The smallest absolute Gasteiger partial charge is 0.332 e. The lowest BCUT2D eigenvalue weighted by molar-refractivity contribution is -0.157. The molecule has 0 bridgehead atoms. The van der Waals surface area contributed by atoms with Gasteiger partial charge in [0.15, 0.2) is 0 Å². The van der Waals surface area contributed by atoms with E-state index in [1.807, 2.05) is 60.9 Å². The highest BCUT2D eigenvalue weighted by Crippen LogP contribution is 2.17. The van der Waals surface area contributed by atoms with Crippen LogP contribution in [0.1, 0.15) is 11.1 Å². The molecule has 6 heteroatoms. The molecule has 0 amide bonds. The van der Waals surface area contributed by atoms with Crippen molar-refractivity contribution in [2.45, 2.75) is 17.9 Å². The maximum Gasteiger partial charge on any atom is 0.332 e. The molecule has 154 valence electrons.